The third-order valence-corrected chi connectivity index (χ3v) is 15.7. The minimum absolute atomic E-state index is 0.0166. The molecule has 0 unspecified atom stereocenters. The molecule has 6 rings (SSSR count). The maximum atomic E-state index is 14.2. The lowest BCUT2D eigenvalue weighted by Gasteiger charge is -2.22. The van der Waals surface area contributed by atoms with Gasteiger partial charge in [-0.15, -0.1) is 0 Å². The van der Waals surface area contributed by atoms with E-state index in [1.807, 2.05) is 78.9 Å². The topological polar surface area (TPSA) is 385 Å². The number of para-hydroxylation sites is 1. The summed E-state index contributed by atoms with van der Waals surface area (Å²) in [7, 11) is 0. The van der Waals surface area contributed by atoms with E-state index in [0.29, 0.717) is 181 Å². The highest BCUT2D eigenvalue weighted by Gasteiger charge is 2.28. The molecule has 564 valence electrons. The molecule has 0 radical (unpaired) electrons. The molecule has 0 bridgehead atoms. The monoisotopic (exact) mass is 1440 g/mol. The summed E-state index contributed by atoms with van der Waals surface area (Å²) in [6, 6.07) is 30.4. The second-order valence-electron chi connectivity index (χ2n) is 23.5. The van der Waals surface area contributed by atoms with Gasteiger partial charge in [0.25, 0.3) is 0 Å². The van der Waals surface area contributed by atoms with Crippen molar-refractivity contribution in [2.75, 3.05) is 183 Å². The molecule has 0 aliphatic heterocycles. The molecule has 103 heavy (non-hydrogen) atoms. The van der Waals surface area contributed by atoms with Crippen LogP contribution in [0.25, 0.3) is 32.4 Å². The van der Waals surface area contributed by atoms with Gasteiger partial charge >= 0.3 is 12.1 Å². The number of urea groups is 1. The molecule has 6 aromatic rings. The first-order chi connectivity index (χ1) is 50.5. The fraction of sp³-hybridized carbons (Fsp3) is 0.548. The lowest BCUT2D eigenvalue weighted by atomic mass is 9.91. The third kappa shape index (κ3) is 35.5. The number of fused-ring (bicyclic) bond motifs is 3. The fourth-order valence-electron chi connectivity index (χ4n) is 10.3. The highest BCUT2D eigenvalue weighted by Crippen LogP contribution is 2.30. The maximum Gasteiger partial charge on any atom is 0.407 e. The number of hydrogen-bond donors (Lipinski definition) is 6. The van der Waals surface area contributed by atoms with Crippen molar-refractivity contribution in [3.05, 3.63) is 142 Å². The highest BCUT2D eigenvalue weighted by molar-refractivity contribution is 6.06. The molecule has 0 aliphatic carbocycles. The van der Waals surface area contributed by atoms with E-state index in [1.54, 1.807) is 24.3 Å². The first-order valence-electron chi connectivity index (χ1n) is 35.3. The van der Waals surface area contributed by atoms with E-state index in [9.17, 15) is 24.0 Å². The Morgan fingerprint density at radius 3 is 1.61 bits per heavy atom. The zero-order chi connectivity index (χ0) is 73.0. The number of hydrogen-bond acceptors (Lipinski definition) is 22. The number of carbonyl (C=O) groups excluding carboxylic acids is 5. The Bertz CT molecular complexity index is 3400. The number of nitrogens with one attached hydrogen (secondary N) is 4. The van der Waals surface area contributed by atoms with Gasteiger partial charge in [-0.2, -0.15) is 0 Å². The fourth-order valence-corrected chi connectivity index (χ4v) is 10.3. The van der Waals surface area contributed by atoms with Gasteiger partial charge < -0.3 is 98.9 Å². The molecule has 0 fully saturated rings. The van der Waals surface area contributed by atoms with Crippen LogP contribution in [0, 0.1) is 5.92 Å². The van der Waals surface area contributed by atoms with Gasteiger partial charge in [0, 0.05) is 67.3 Å². The largest absolute Gasteiger partial charge is 0.445 e. The number of imidazole rings is 1. The zero-order valence-electron chi connectivity index (χ0n) is 59.3. The Hall–Kier alpha value is -8.46. The van der Waals surface area contributed by atoms with E-state index < -0.39 is 35.9 Å². The van der Waals surface area contributed by atoms with Gasteiger partial charge in [-0.1, -0.05) is 103 Å². The summed E-state index contributed by atoms with van der Waals surface area (Å²) >= 11 is 0. The second kappa shape index (κ2) is 52.5. The number of nitrogens with zero attached hydrogens (tertiary/aromatic N) is 6. The molecule has 8 N–H and O–H groups in total. The number of unbranched alkanes of at least 4 members (excludes halogenated alkanes) is 1. The van der Waals surface area contributed by atoms with E-state index in [0.717, 1.165) is 58.2 Å². The standard InChI is InChI=1S/C73H104N12O18/c1-2-3-15-66-83-68-69(62-13-7-8-14-63(62)82-70(68)74)85(66)54-58-18-16-57(17-19-58)53-78-73(90)103-55-59-20-22-61(23-21-59)80-71(88)60(12-9-25-77-72(75)89)52-65(86)64(51-56-10-5-4-6-11-56)81-67(87)24-27-91-29-31-93-33-35-95-37-39-97-41-43-99-45-47-101-49-50-102-48-46-100-44-42-98-40-38-96-36-34-94-32-30-92-28-26-79-84-76/h4-8,10-11,13-14,16-23,60,64H,2-3,9,12,15,24-55H2,1H3,(H2,74,82)(H,78,90)(H,80,88)(H,81,87)(H3,75,77,89)/t60-,64+/m1/s1. The van der Waals surface area contributed by atoms with Gasteiger partial charge in [0.1, 0.15) is 17.9 Å². The van der Waals surface area contributed by atoms with E-state index >= 15 is 0 Å². The van der Waals surface area contributed by atoms with Gasteiger partial charge in [-0.05, 0) is 71.7 Å². The van der Waals surface area contributed by atoms with Crippen LogP contribution < -0.4 is 32.7 Å². The van der Waals surface area contributed by atoms with Crippen molar-refractivity contribution >= 4 is 63.2 Å². The zero-order valence-corrected chi connectivity index (χ0v) is 59.3. The number of nitrogen functional groups attached to an aromatic ring is 1. The van der Waals surface area contributed by atoms with Gasteiger partial charge in [-0.3, -0.25) is 14.4 Å². The number of pyridine rings is 1. The van der Waals surface area contributed by atoms with Crippen LogP contribution in [-0.2, 0) is 109 Å². The van der Waals surface area contributed by atoms with Crippen LogP contribution in [0.4, 0.5) is 21.1 Å². The average molecular weight is 1440 g/mol. The summed E-state index contributed by atoms with van der Waals surface area (Å²) in [6.45, 7) is 13.1. The minimum atomic E-state index is -0.947. The predicted octanol–water partition coefficient (Wildman–Crippen LogP) is 7.57. The molecule has 4 aromatic carbocycles. The van der Waals surface area contributed by atoms with E-state index in [1.165, 1.54) is 0 Å². The second-order valence-corrected chi connectivity index (χ2v) is 23.5. The van der Waals surface area contributed by atoms with E-state index in [2.05, 4.69) is 47.8 Å². The summed E-state index contributed by atoms with van der Waals surface area (Å²) in [4.78, 5) is 78.0. The third-order valence-electron chi connectivity index (χ3n) is 15.7. The first kappa shape index (κ1) is 83.5. The number of alkyl carbamates (subject to hydrolysis) is 1. The summed E-state index contributed by atoms with van der Waals surface area (Å²) < 4.78 is 73.8. The normalized spacial score (nSPS) is 11.9. The number of aryl methyl sites for hydroxylation is 1. The van der Waals surface area contributed by atoms with Crippen LogP contribution in [0.5, 0.6) is 0 Å². The molecule has 2 heterocycles. The quantitative estimate of drug-likeness (QED) is 0.00927. The lowest BCUT2D eigenvalue weighted by Crippen LogP contribution is -2.44. The van der Waals surface area contributed by atoms with Crippen molar-refractivity contribution in [1.29, 1.82) is 0 Å². The molecule has 5 amide bonds. The first-order valence-corrected chi connectivity index (χ1v) is 35.3. The van der Waals surface area contributed by atoms with Crippen LogP contribution in [0.1, 0.15) is 73.5 Å². The molecule has 0 aliphatic rings. The number of azide groups is 1. The molecule has 2 atom stereocenters. The molecule has 2 aromatic heterocycles. The van der Waals surface area contributed by atoms with E-state index in [4.69, 9.17) is 83.6 Å². The van der Waals surface area contributed by atoms with Gasteiger partial charge in [0.2, 0.25) is 11.8 Å². The van der Waals surface area contributed by atoms with Gasteiger partial charge in [0.15, 0.2) is 11.6 Å². The number of carbonyl (C=O) groups is 5. The molecule has 0 saturated heterocycles. The summed E-state index contributed by atoms with van der Waals surface area (Å²) in [5.41, 5.74) is 26.3. The molecule has 0 spiro atoms. The van der Waals surface area contributed by atoms with Crippen LogP contribution in [0.3, 0.4) is 0 Å². The minimum Gasteiger partial charge on any atom is -0.445 e. The Morgan fingerprint density at radius 1 is 0.573 bits per heavy atom. The Labute approximate surface area is 602 Å². The number of nitrogens with two attached hydrogens (primary N) is 2. The van der Waals surface area contributed by atoms with Crippen molar-refractivity contribution in [3.8, 4) is 0 Å². The number of ether oxygens (including phenoxy) is 13. The Kier molecular flexibility index (Phi) is 42.5. The number of ketones is 1. The molecular weight excluding hydrogens is 1330 g/mol. The SMILES string of the molecule is CCCCc1nc2c(N)nc3ccccc3c2n1Cc1ccc(CNC(=O)OCc2ccc(NC(=O)[C@H](CCCNC(N)=O)CC(=O)[C@H](Cc3ccccc3)NC(=O)CCOCCOCCOCCOCCOCCOCCOCCOCCOCCOCCOCCOCCN=[N+]=[N-])cc2)cc1. The van der Waals surface area contributed by atoms with Gasteiger partial charge in [-0.25, -0.2) is 19.6 Å². The average Bonchev–Trinajstić information content (AvgIpc) is 1.62. The van der Waals surface area contributed by atoms with E-state index in [-0.39, 0.29) is 71.0 Å². The van der Waals surface area contributed by atoms with Crippen LogP contribution in [0.2, 0.25) is 0 Å². The molecule has 30 nitrogen and oxygen atoms in total. The summed E-state index contributed by atoms with van der Waals surface area (Å²) in [6.07, 6.45) is 2.79. The number of Topliss-reactive ketones (excluding diaryl/α,β-unsaturated/α-hetero) is 1. The lowest BCUT2D eigenvalue weighted by molar-refractivity contribution is -0.130. The number of anilines is 2. The molecule has 0 saturated carbocycles. The van der Waals surface area contributed by atoms with Crippen molar-refractivity contribution in [2.45, 2.75) is 84.0 Å². The summed E-state index contributed by atoms with van der Waals surface area (Å²) in [5, 5.41) is 15.5. The van der Waals surface area contributed by atoms with Crippen molar-refractivity contribution < 1.29 is 85.6 Å². The van der Waals surface area contributed by atoms with Gasteiger partial charge in [0.05, 0.1) is 176 Å². The number of amides is 5. The molecular formula is C73H104N12O18. The van der Waals surface area contributed by atoms with Crippen molar-refractivity contribution in [2.24, 2.45) is 16.8 Å². The number of rotatable bonds is 60. The van der Waals surface area contributed by atoms with Crippen LogP contribution in [-0.4, -0.2) is 222 Å². The Morgan fingerprint density at radius 2 is 1.08 bits per heavy atom. The van der Waals surface area contributed by atoms with Crippen LogP contribution in [0.15, 0.2) is 108 Å². The van der Waals surface area contributed by atoms with Crippen molar-refractivity contribution in [1.82, 2.24) is 30.5 Å². The smallest absolute Gasteiger partial charge is 0.407 e. The molecule has 30 heteroatoms. The number of aromatic nitrogens is 3. The van der Waals surface area contributed by atoms with Crippen molar-refractivity contribution in [3.63, 3.8) is 0 Å². The highest BCUT2D eigenvalue weighted by atomic mass is 16.6. The number of benzene rings is 4. The number of primary amides is 1. The Balaban J connectivity index is 0.780. The van der Waals surface area contributed by atoms with Crippen LogP contribution >= 0.6 is 0 Å². The summed E-state index contributed by atoms with van der Waals surface area (Å²) in [5.74, 6) is -0.632. The maximum absolute atomic E-state index is 14.2. The predicted molar refractivity (Wildman–Crippen MR) is 386 cm³/mol.